The van der Waals surface area contributed by atoms with Gasteiger partial charge < -0.3 is 20.1 Å². The molecule has 8 heteroatoms. The van der Waals surface area contributed by atoms with Gasteiger partial charge in [0.15, 0.2) is 0 Å². The van der Waals surface area contributed by atoms with Crippen molar-refractivity contribution in [2.24, 2.45) is 11.8 Å². The topological polar surface area (TPSA) is 76.7 Å². The van der Waals surface area contributed by atoms with Crippen molar-refractivity contribution in [3.05, 3.63) is 59.7 Å². The van der Waals surface area contributed by atoms with Gasteiger partial charge in [0.2, 0.25) is 0 Å². The molecule has 0 amide bonds. The first-order valence-electron chi connectivity index (χ1n) is 11.1. The van der Waals surface area contributed by atoms with Crippen molar-refractivity contribution in [2.75, 3.05) is 14.2 Å². The van der Waals surface area contributed by atoms with Gasteiger partial charge >= 0.3 is 11.9 Å². The Morgan fingerprint density at radius 2 is 1.00 bits per heavy atom. The number of benzene rings is 2. The maximum absolute atomic E-state index is 12.2. The Kier molecular flexibility index (Phi) is 10.1. The molecule has 6 nitrogen and oxygen atoms in total. The maximum Gasteiger partial charge on any atom is 0.328 e. The van der Waals surface area contributed by atoms with E-state index in [4.69, 9.17) is 33.9 Å². The van der Waals surface area contributed by atoms with Gasteiger partial charge in [-0.15, -0.1) is 0 Å². The molecular weight excluding hydrogens is 468 g/mol. The first-order chi connectivity index (χ1) is 16.1. The lowest BCUT2D eigenvalue weighted by molar-refractivity contribution is -0.144. The highest BCUT2D eigenvalue weighted by Gasteiger charge is 2.27. The summed E-state index contributed by atoms with van der Waals surface area (Å²) in [5.74, 6) is -0.785. The highest BCUT2D eigenvalue weighted by Crippen LogP contribution is 2.28. The van der Waals surface area contributed by atoms with Crippen molar-refractivity contribution in [2.45, 2.75) is 39.8 Å². The number of rotatable bonds is 9. The van der Waals surface area contributed by atoms with Gasteiger partial charge in [0.1, 0.15) is 22.1 Å². The Morgan fingerprint density at radius 1 is 0.676 bits per heavy atom. The highest BCUT2D eigenvalue weighted by atomic mass is 32.1. The van der Waals surface area contributed by atoms with Crippen LogP contribution in [0.4, 0.5) is 0 Å². The Bertz CT molecular complexity index is 969. The molecule has 0 aliphatic rings. The SMILES string of the molecule is COC(=O)[C@@H](NC(=S)c1ccccc1-c1ccccc1C(=S)N[C@H](C(=O)OC)C(C)C)C(C)C. The van der Waals surface area contributed by atoms with Crippen molar-refractivity contribution in [3.63, 3.8) is 0 Å². The second kappa shape index (κ2) is 12.6. The smallest absolute Gasteiger partial charge is 0.328 e. The van der Waals surface area contributed by atoms with Crippen LogP contribution in [0.25, 0.3) is 11.1 Å². The lowest BCUT2D eigenvalue weighted by atomic mass is 9.94. The van der Waals surface area contributed by atoms with Gasteiger partial charge in [0, 0.05) is 11.1 Å². The minimum absolute atomic E-state index is 0.0204. The number of hydrogen-bond donors (Lipinski definition) is 2. The number of ether oxygens (including phenoxy) is 2. The average Bonchev–Trinajstić information content (AvgIpc) is 2.84. The van der Waals surface area contributed by atoms with Gasteiger partial charge in [-0.25, -0.2) is 9.59 Å². The Labute approximate surface area is 212 Å². The highest BCUT2D eigenvalue weighted by molar-refractivity contribution is 7.81. The van der Waals surface area contributed by atoms with E-state index in [2.05, 4.69) is 10.6 Å². The number of hydrogen-bond acceptors (Lipinski definition) is 6. The van der Waals surface area contributed by atoms with Crippen LogP contribution in [0.1, 0.15) is 38.8 Å². The van der Waals surface area contributed by atoms with Gasteiger partial charge in [-0.05, 0) is 23.0 Å². The van der Waals surface area contributed by atoms with Crippen LogP contribution in [0.3, 0.4) is 0 Å². The van der Waals surface area contributed by atoms with Crippen molar-refractivity contribution >= 4 is 46.4 Å². The normalized spacial score (nSPS) is 12.6. The molecule has 0 spiro atoms. The van der Waals surface area contributed by atoms with Gasteiger partial charge in [-0.2, -0.15) is 0 Å². The van der Waals surface area contributed by atoms with Crippen LogP contribution in [0.15, 0.2) is 48.5 Å². The quantitative estimate of drug-likeness (QED) is 0.390. The van der Waals surface area contributed by atoms with E-state index < -0.39 is 12.1 Å². The van der Waals surface area contributed by atoms with Crippen LogP contribution in [-0.4, -0.2) is 48.2 Å². The van der Waals surface area contributed by atoms with Gasteiger partial charge in [-0.3, -0.25) is 0 Å². The number of thiocarbonyl (C=S) groups is 2. The lowest BCUT2D eigenvalue weighted by Crippen LogP contribution is -2.45. The predicted molar refractivity (Wildman–Crippen MR) is 143 cm³/mol. The average molecular weight is 501 g/mol. The molecule has 0 saturated heterocycles. The zero-order valence-electron chi connectivity index (χ0n) is 20.4. The molecule has 2 atom stereocenters. The lowest BCUT2D eigenvalue weighted by Gasteiger charge is -2.24. The van der Waals surface area contributed by atoms with E-state index in [1.54, 1.807) is 0 Å². The van der Waals surface area contributed by atoms with Gasteiger partial charge in [-0.1, -0.05) is 101 Å². The maximum atomic E-state index is 12.2. The molecule has 2 rings (SSSR count). The Hall–Kier alpha value is -2.84. The molecule has 182 valence electrons. The fourth-order valence-corrected chi connectivity index (χ4v) is 4.13. The number of carbonyl (C=O) groups excluding carboxylic acids is 2. The standard InChI is InChI=1S/C26H32N2O4S2/c1-15(2)21(25(29)31-5)27-23(33)19-13-9-7-11-17(19)18-12-8-10-14-20(18)24(34)28-22(16(3)4)26(30)32-6/h7-16,21-22H,1-6H3,(H,27,33)(H,28,34)/t21-,22-/m0/s1. The van der Waals surface area contributed by atoms with Crippen LogP contribution in [0, 0.1) is 11.8 Å². The zero-order valence-corrected chi connectivity index (χ0v) is 22.0. The first-order valence-corrected chi connectivity index (χ1v) is 11.9. The zero-order chi connectivity index (χ0) is 25.4. The van der Waals surface area contributed by atoms with E-state index >= 15 is 0 Å². The summed E-state index contributed by atoms with van der Waals surface area (Å²) in [4.78, 5) is 25.4. The van der Waals surface area contributed by atoms with Crippen molar-refractivity contribution < 1.29 is 19.1 Å². The molecule has 0 radical (unpaired) electrons. The van der Waals surface area contributed by atoms with Crippen LogP contribution in [0.5, 0.6) is 0 Å². The summed E-state index contributed by atoms with van der Waals surface area (Å²) in [5, 5.41) is 6.32. The van der Waals surface area contributed by atoms with Crippen LogP contribution >= 0.6 is 24.4 Å². The summed E-state index contributed by atoms with van der Waals surface area (Å²) in [5.41, 5.74) is 3.23. The minimum Gasteiger partial charge on any atom is -0.467 e. The molecule has 0 aliphatic carbocycles. The number of esters is 2. The third-order valence-electron chi connectivity index (χ3n) is 5.45. The summed E-state index contributed by atoms with van der Waals surface area (Å²) < 4.78 is 9.87. The summed E-state index contributed by atoms with van der Waals surface area (Å²) in [7, 11) is 2.72. The Balaban J connectivity index is 2.46. The molecule has 2 aromatic rings. The van der Waals surface area contributed by atoms with E-state index in [1.807, 2.05) is 76.2 Å². The molecule has 2 N–H and O–H groups in total. The molecular formula is C26H32N2O4S2. The largest absolute Gasteiger partial charge is 0.467 e. The molecule has 0 unspecified atom stereocenters. The summed E-state index contributed by atoms with van der Waals surface area (Å²) in [6, 6.07) is 14.2. The monoisotopic (exact) mass is 500 g/mol. The predicted octanol–water partition coefficient (Wildman–Crippen LogP) is 4.28. The second-order valence-electron chi connectivity index (χ2n) is 8.53. The van der Waals surface area contributed by atoms with Crippen LogP contribution < -0.4 is 10.6 Å². The number of carbonyl (C=O) groups is 2. The number of methoxy groups -OCH3 is 2. The fourth-order valence-electron chi connectivity index (χ4n) is 3.52. The van der Waals surface area contributed by atoms with E-state index in [-0.39, 0.29) is 23.8 Å². The minimum atomic E-state index is -0.574. The van der Waals surface area contributed by atoms with Crippen LogP contribution in [-0.2, 0) is 19.1 Å². The summed E-state index contributed by atoms with van der Waals surface area (Å²) >= 11 is 11.4. The van der Waals surface area contributed by atoms with E-state index in [1.165, 1.54) is 14.2 Å². The summed E-state index contributed by atoms with van der Waals surface area (Å²) in [6.07, 6.45) is 0. The molecule has 0 fully saturated rings. The first kappa shape index (κ1) is 27.4. The molecule has 34 heavy (non-hydrogen) atoms. The van der Waals surface area contributed by atoms with E-state index in [0.29, 0.717) is 9.98 Å². The van der Waals surface area contributed by atoms with Crippen molar-refractivity contribution in [1.82, 2.24) is 10.6 Å². The van der Waals surface area contributed by atoms with E-state index in [9.17, 15) is 9.59 Å². The van der Waals surface area contributed by atoms with Crippen molar-refractivity contribution in [1.29, 1.82) is 0 Å². The van der Waals surface area contributed by atoms with Crippen molar-refractivity contribution in [3.8, 4) is 11.1 Å². The fraction of sp³-hybridized carbons (Fsp3) is 0.385. The third kappa shape index (κ3) is 6.61. The molecule has 0 bridgehead atoms. The molecule has 0 saturated carbocycles. The Morgan fingerprint density at radius 3 is 1.29 bits per heavy atom. The second-order valence-corrected chi connectivity index (χ2v) is 9.34. The van der Waals surface area contributed by atoms with E-state index in [0.717, 1.165) is 22.3 Å². The molecule has 0 aliphatic heterocycles. The molecule has 2 aromatic carbocycles. The molecule has 0 aromatic heterocycles. The van der Waals surface area contributed by atoms with Gasteiger partial charge in [0.25, 0.3) is 0 Å². The number of nitrogens with one attached hydrogen (secondary N) is 2. The van der Waals surface area contributed by atoms with Crippen LogP contribution in [0.2, 0.25) is 0 Å². The van der Waals surface area contributed by atoms with Gasteiger partial charge in [0.05, 0.1) is 14.2 Å². The third-order valence-corrected chi connectivity index (χ3v) is 6.13. The summed E-state index contributed by atoms with van der Waals surface area (Å²) in [6.45, 7) is 7.70. The molecule has 0 heterocycles.